The van der Waals surface area contributed by atoms with Crippen molar-refractivity contribution < 1.29 is 0 Å². The Hall–Kier alpha value is -11.1. The van der Waals surface area contributed by atoms with Crippen molar-refractivity contribution in [1.29, 1.82) is 0 Å². The van der Waals surface area contributed by atoms with E-state index < -0.39 is 0 Å². The van der Waals surface area contributed by atoms with Crippen molar-refractivity contribution in [2.75, 3.05) is 0 Å². The Morgan fingerprint density at radius 1 is 0.200 bits per heavy atom. The third-order valence-electron chi connectivity index (χ3n) is 18.5. The fourth-order valence-electron chi connectivity index (χ4n) is 14.4. The predicted molar refractivity (Wildman–Crippen MR) is 383 cm³/mol. The zero-order valence-electron chi connectivity index (χ0n) is 48.0. The summed E-state index contributed by atoms with van der Waals surface area (Å²) in [5, 5.41) is 14.6. The van der Waals surface area contributed by atoms with Crippen LogP contribution in [-0.4, -0.2) is 28.7 Å². The van der Waals surface area contributed by atoms with Crippen LogP contribution in [-0.2, 0) is 0 Å². The fraction of sp³-hybridized carbons (Fsp3) is 0. The Bertz CT molecular complexity index is 6200. The van der Waals surface area contributed by atoms with Crippen molar-refractivity contribution in [3.8, 4) is 62.4 Å². The van der Waals surface area contributed by atoms with Gasteiger partial charge in [-0.25, -0.2) is 0 Å². The lowest BCUT2D eigenvalue weighted by Crippen LogP contribution is -2.10. The first-order valence-electron chi connectivity index (χ1n) is 30.3. The van der Waals surface area contributed by atoms with E-state index in [2.05, 4.69) is 293 Å². The summed E-state index contributed by atoms with van der Waals surface area (Å²) in [5.74, 6) is 1.62. The van der Waals surface area contributed by atoms with Gasteiger partial charge in [0.15, 0.2) is 5.82 Å². The summed E-state index contributed by atoms with van der Waals surface area (Å²) < 4.78 is 14.7. The summed E-state index contributed by atoms with van der Waals surface area (Å²) in [5.41, 5.74) is 15.2. The van der Waals surface area contributed by atoms with Crippen LogP contribution in [0.3, 0.4) is 0 Å². The van der Waals surface area contributed by atoms with E-state index in [-0.39, 0.29) is 0 Å². The molecule has 6 nitrogen and oxygen atoms in total. The smallest absolute Gasteiger partial charge is 0.240 e. The molecular formula is C81H46N6S3. The van der Waals surface area contributed by atoms with Crippen LogP contribution in [0.4, 0.5) is 0 Å². The number of benzene rings is 13. The van der Waals surface area contributed by atoms with Crippen LogP contribution in [0, 0.1) is 0 Å². The molecule has 20 aromatic rings. The van der Waals surface area contributed by atoms with Gasteiger partial charge >= 0.3 is 0 Å². The molecule has 9 heteroatoms. The van der Waals surface area contributed by atoms with E-state index in [0.29, 0.717) is 17.7 Å². The zero-order chi connectivity index (χ0) is 58.7. The largest absolute Gasteiger partial charge is 0.309 e. The van der Waals surface area contributed by atoms with E-state index in [1.54, 1.807) is 0 Å². The van der Waals surface area contributed by atoms with Crippen molar-refractivity contribution in [3.63, 3.8) is 0 Å². The van der Waals surface area contributed by atoms with Crippen molar-refractivity contribution in [2.24, 2.45) is 0 Å². The topological polar surface area (TPSA) is 53.5 Å². The minimum atomic E-state index is 0.530. The van der Waals surface area contributed by atoms with Crippen LogP contribution in [0.1, 0.15) is 0 Å². The first kappa shape index (κ1) is 50.0. The Kier molecular flexibility index (Phi) is 10.7. The van der Waals surface area contributed by atoms with Gasteiger partial charge in [-0.2, -0.15) is 15.0 Å². The molecule has 7 heterocycles. The third kappa shape index (κ3) is 7.52. The Morgan fingerprint density at radius 3 is 0.922 bits per heavy atom. The second-order valence-corrected chi connectivity index (χ2v) is 26.7. The first-order chi connectivity index (χ1) is 44.6. The molecular weight excluding hydrogens is 1150 g/mol. The Morgan fingerprint density at radius 2 is 0.511 bits per heavy atom. The maximum Gasteiger partial charge on any atom is 0.240 e. The lowest BCUT2D eigenvalue weighted by atomic mass is 10.0. The minimum absolute atomic E-state index is 0.530. The highest BCUT2D eigenvalue weighted by molar-refractivity contribution is 7.26. The van der Waals surface area contributed by atoms with Gasteiger partial charge in [0.25, 0.3) is 0 Å². The fourth-order valence-corrected chi connectivity index (χ4v) is 17.6. The van der Waals surface area contributed by atoms with Gasteiger partial charge in [0.1, 0.15) is 0 Å². The van der Waals surface area contributed by atoms with Gasteiger partial charge in [-0.1, -0.05) is 158 Å². The molecule has 418 valence electrons. The first-order valence-corrected chi connectivity index (χ1v) is 32.7. The monoisotopic (exact) mass is 1200 g/mol. The molecule has 90 heavy (non-hydrogen) atoms. The average molecular weight is 1200 g/mol. The third-order valence-corrected chi connectivity index (χ3v) is 22.0. The van der Waals surface area contributed by atoms with Crippen LogP contribution in [0.5, 0.6) is 0 Å². The van der Waals surface area contributed by atoms with E-state index in [9.17, 15) is 0 Å². The van der Waals surface area contributed by atoms with E-state index in [4.69, 9.17) is 15.0 Å². The molecule has 13 aromatic carbocycles. The number of nitrogens with zero attached hydrogens (tertiary/aromatic N) is 6. The van der Waals surface area contributed by atoms with Gasteiger partial charge < -0.3 is 4.57 Å². The molecule has 0 aliphatic carbocycles. The summed E-state index contributed by atoms with van der Waals surface area (Å²) >= 11 is 5.55. The summed E-state index contributed by atoms with van der Waals surface area (Å²) in [4.78, 5) is 16.8. The minimum Gasteiger partial charge on any atom is -0.309 e. The van der Waals surface area contributed by atoms with Gasteiger partial charge in [-0.3, -0.25) is 9.13 Å². The SMILES string of the molecule is c1cc(-c2nc(-n3c4ccccc4c4cc(-c5ccc6sc7ccccc7c6c5)ccc43)nc(-n3c4ccccc4c4cc(-c5ccc6sc7ccccc7c6c5)ccc43)n2)cc(-n2c3ccccc3c3cc(-c4ccc5sc6ccccc6c5c4)ccc32)c1. The standard InChI is InChI=1S/C81H46N6S3/c1-7-22-67-55(16-1)61-41-47(50-31-37-76-64(44-50)58-19-4-10-25-73(58)88-76)28-34-70(61)85(67)54-15-13-14-53(40-54)79-82-80(86-68-23-8-2-17-56(68)62-42-48(29-35-71(62)86)51-32-38-77-65(45-51)59-20-5-11-26-74(59)89-77)84-81(83-79)87-69-24-9-3-18-57(69)63-43-49(30-36-72(63)87)52-33-39-78-66(46-52)60-21-6-12-27-75(60)90-78/h1-46H. The molecule has 0 amide bonds. The molecule has 0 saturated carbocycles. The number of aromatic nitrogens is 6. The van der Waals surface area contributed by atoms with Gasteiger partial charge in [0.2, 0.25) is 11.9 Å². The highest BCUT2D eigenvalue weighted by Crippen LogP contribution is 2.44. The zero-order valence-corrected chi connectivity index (χ0v) is 50.4. The summed E-state index contributed by atoms with van der Waals surface area (Å²) in [6.07, 6.45) is 0. The summed E-state index contributed by atoms with van der Waals surface area (Å²) in [7, 11) is 0. The summed E-state index contributed by atoms with van der Waals surface area (Å²) in [6.45, 7) is 0. The van der Waals surface area contributed by atoms with E-state index in [1.165, 1.54) is 93.5 Å². The van der Waals surface area contributed by atoms with Gasteiger partial charge in [0, 0.05) is 104 Å². The van der Waals surface area contributed by atoms with Crippen LogP contribution in [0.2, 0.25) is 0 Å². The van der Waals surface area contributed by atoms with Crippen LogP contribution in [0.15, 0.2) is 279 Å². The van der Waals surface area contributed by atoms with E-state index >= 15 is 0 Å². The number of hydrogen-bond acceptors (Lipinski definition) is 6. The highest BCUT2D eigenvalue weighted by atomic mass is 32.1. The molecule has 0 bridgehead atoms. The molecule has 0 spiro atoms. The van der Waals surface area contributed by atoms with Crippen LogP contribution < -0.4 is 0 Å². The highest BCUT2D eigenvalue weighted by Gasteiger charge is 2.23. The normalized spacial score (nSPS) is 12.2. The second kappa shape index (κ2) is 19.2. The number of hydrogen-bond donors (Lipinski definition) is 0. The molecule has 0 aliphatic rings. The van der Waals surface area contributed by atoms with Crippen molar-refractivity contribution in [3.05, 3.63) is 279 Å². The van der Waals surface area contributed by atoms with E-state index in [1.807, 2.05) is 34.0 Å². The molecule has 7 aromatic heterocycles. The molecule has 0 unspecified atom stereocenters. The van der Waals surface area contributed by atoms with Crippen molar-refractivity contribution >= 4 is 160 Å². The quantitative estimate of drug-likeness (QED) is 0.160. The number of fused-ring (bicyclic) bond motifs is 18. The van der Waals surface area contributed by atoms with Crippen molar-refractivity contribution in [1.82, 2.24) is 28.7 Å². The molecule has 0 N–H and O–H groups in total. The maximum absolute atomic E-state index is 5.64. The van der Waals surface area contributed by atoms with Gasteiger partial charge in [-0.15, -0.1) is 34.0 Å². The predicted octanol–water partition coefficient (Wildman–Crippen LogP) is 22.9. The molecule has 0 aliphatic heterocycles. The van der Waals surface area contributed by atoms with Crippen LogP contribution >= 0.6 is 34.0 Å². The lowest BCUT2D eigenvalue weighted by molar-refractivity contribution is 0.892. The van der Waals surface area contributed by atoms with E-state index in [0.717, 1.165) is 77.0 Å². The second-order valence-electron chi connectivity index (χ2n) is 23.5. The number of para-hydroxylation sites is 3. The molecule has 0 saturated heterocycles. The van der Waals surface area contributed by atoms with Gasteiger partial charge in [-0.05, 0) is 155 Å². The summed E-state index contributed by atoms with van der Waals surface area (Å²) in [6, 6.07) is 102. The maximum atomic E-state index is 5.64. The molecule has 0 radical (unpaired) electrons. The number of thiophene rings is 3. The molecule has 0 fully saturated rings. The molecule has 20 rings (SSSR count). The Labute approximate surface area is 526 Å². The number of rotatable bonds is 7. The lowest BCUT2D eigenvalue weighted by Gasteiger charge is -2.14. The Balaban J connectivity index is 0.779. The van der Waals surface area contributed by atoms with Crippen molar-refractivity contribution in [2.45, 2.75) is 0 Å². The van der Waals surface area contributed by atoms with Gasteiger partial charge in [0.05, 0.1) is 33.1 Å². The molecule has 0 atom stereocenters. The average Bonchev–Trinajstić information content (AvgIpc) is 1.68. The van der Waals surface area contributed by atoms with Crippen LogP contribution in [0.25, 0.3) is 188 Å².